The van der Waals surface area contributed by atoms with Crippen LogP contribution < -0.4 is 0 Å². The summed E-state index contributed by atoms with van der Waals surface area (Å²) in [4.78, 5) is 4.68. The van der Waals surface area contributed by atoms with Gasteiger partial charge in [-0.25, -0.2) is 0 Å². The number of rotatable bonds is 5. The van der Waals surface area contributed by atoms with Crippen molar-refractivity contribution >= 4 is 22.7 Å². The van der Waals surface area contributed by atoms with Crippen molar-refractivity contribution in [3.8, 4) is 0 Å². The minimum absolute atomic E-state index is 0.0573. The van der Waals surface area contributed by atoms with E-state index in [0.717, 1.165) is 40.3 Å². The van der Waals surface area contributed by atoms with Gasteiger partial charge in [0.1, 0.15) is 6.61 Å². The van der Waals surface area contributed by atoms with Crippen LogP contribution in [0.2, 0.25) is 0 Å². The van der Waals surface area contributed by atoms with Crippen molar-refractivity contribution in [2.45, 2.75) is 36.4 Å². The molecule has 0 atom stereocenters. The summed E-state index contributed by atoms with van der Waals surface area (Å²) in [6.45, 7) is -0.0573. The van der Waals surface area contributed by atoms with Crippen LogP contribution >= 0.6 is 11.8 Å². The lowest BCUT2D eigenvalue weighted by Gasteiger charge is -2.07. The molecule has 112 valence electrons. The Morgan fingerprint density at radius 2 is 2.00 bits per heavy atom. The van der Waals surface area contributed by atoms with Crippen molar-refractivity contribution in [2.75, 3.05) is 0 Å². The van der Waals surface area contributed by atoms with Gasteiger partial charge in [0.25, 0.3) is 0 Å². The second kappa shape index (κ2) is 5.70. The summed E-state index contributed by atoms with van der Waals surface area (Å²) in [5, 5.41) is 19.7. The average molecular weight is 312 g/mol. The first kappa shape index (κ1) is 13.7. The fourth-order valence-corrected chi connectivity index (χ4v) is 3.47. The number of thioether (sulfide) groups is 1. The minimum atomic E-state index is -0.0573. The van der Waals surface area contributed by atoms with Gasteiger partial charge in [-0.15, -0.1) is 10.2 Å². The monoisotopic (exact) mass is 312 g/mol. The third-order valence-electron chi connectivity index (χ3n) is 3.79. The Morgan fingerprint density at radius 3 is 2.82 bits per heavy atom. The van der Waals surface area contributed by atoms with E-state index in [2.05, 4.69) is 37.9 Å². The lowest BCUT2D eigenvalue weighted by atomic mass is 10.2. The Hall–Kier alpha value is -1.92. The predicted molar refractivity (Wildman–Crippen MR) is 85.5 cm³/mol. The number of para-hydroxylation sites is 1. The van der Waals surface area contributed by atoms with E-state index >= 15 is 0 Å². The zero-order chi connectivity index (χ0) is 14.9. The van der Waals surface area contributed by atoms with Crippen LogP contribution in [0.4, 0.5) is 0 Å². The molecule has 0 amide bonds. The summed E-state index contributed by atoms with van der Waals surface area (Å²) in [7, 11) is 0. The summed E-state index contributed by atoms with van der Waals surface area (Å²) in [6.07, 6.45) is 2.29. The largest absolute Gasteiger partial charge is 0.388 e. The van der Waals surface area contributed by atoms with Crippen LogP contribution in [0.25, 0.3) is 10.9 Å². The van der Waals surface area contributed by atoms with Crippen LogP contribution in [0.5, 0.6) is 0 Å². The number of hydrogen-bond donors (Lipinski definition) is 1. The highest BCUT2D eigenvalue weighted by atomic mass is 32.2. The number of nitrogens with zero attached hydrogens (tertiary/aromatic N) is 4. The van der Waals surface area contributed by atoms with Gasteiger partial charge in [-0.2, -0.15) is 0 Å². The molecule has 0 bridgehead atoms. The molecule has 0 saturated heterocycles. The number of aromatic nitrogens is 4. The maximum absolute atomic E-state index is 9.37. The van der Waals surface area contributed by atoms with Gasteiger partial charge in [-0.3, -0.25) is 4.98 Å². The average Bonchev–Trinajstić information content (AvgIpc) is 3.32. The fraction of sp³-hybridized carbons (Fsp3) is 0.312. The van der Waals surface area contributed by atoms with E-state index in [1.54, 1.807) is 11.8 Å². The molecule has 5 nitrogen and oxygen atoms in total. The van der Waals surface area contributed by atoms with Gasteiger partial charge in [-0.05, 0) is 25.0 Å². The molecule has 6 heteroatoms. The van der Waals surface area contributed by atoms with Gasteiger partial charge in [0.05, 0.1) is 11.2 Å². The Bertz CT molecular complexity index is 813. The molecule has 0 unspecified atom stereocenters. The highest BCUT2D eigenvalue weighted by Gasteiger charge is 2.29. The molecule has 1 aliphatic carbocycles. The van der Waals surface area contributed by atoms with Crippen LogP contribution in [0, 0.1) is 0 Å². The Kier molecular flexibility index (Phi) is 3.56. The van der Waals surface area contributed by atoms with Crippen LogP contribution in [0.15, 0.2) is 41.6 Å². The molecule has 1 fully saturated rings. The molecule has 1 aromatic carbocycles. The van der Waals surface area contributed by atoms with E-state index in [9.17, 15) is 5.11 Å². The van der Waals surface area contributed by atoms with Gasteiger partial charge in [0.15, 0.2) is 11.0 Å². The van der Waals surface area contributed by atoms with Crippen molar-refractivity contribution in [1.29, 1.82) is 0 Å². The van der Waals surface area contributed by atoms with E-state index in [1.807, 2.05) is 18.2 Å². The van der Waals surface area contributed by atoms with Crippen molar-refractivity contribution < 1.29 is 5.11 Å². The molecular weight excluding hydrogens is 296 g/mol. The van der Waals surface area contributed by atoms with Crippen molar-refractivity contribution in [3.05, 3.63) is 47.9 Å². The molecule has 1 N–H and O–H groups in total. The zero-order valence-corrected chi connectivity index (χ0v) is 12.8. The van der Waals surface area contributed by atoms with E-state index in [-0.39, 0.29) is 6.61 Å². The molecule has 4 rings (SSSR count). The fourth-order valence-electron chi connectivity index (χ4n) is 2.54. The highest BCUT2D eigenvalue weighted by Crippen LogP contribution is 2.39. The van der Waals surface area contributed by atoms with Gasteiger partial charge in [0.2, 0.25) is 0 Å². The molecule has 1 aliphatic rings. The van der Waals surface area contributed by atoms with E-state index in [0.29, 0.717) is 11.9 Å². The first-order chi connectivity index (χ1) is 10.8. The number of fused-ring (bicyclic) bond motifs is 1. The lowest BCUT2D eigenvalue weighted by Crippen LogP contribution is -2.03. The summed E-state index contributed by atoms with van der Waals surface area (Å²) in [5.41, 5.74) is 2.04. The number of aliphatic hydroxyl groups excluding tert-OH is 1. The molecule has 0 aliphatic heterocycles. The van der Waals surface area contributed by atoms with E-state index in [1.165, 1.54) is 0 Å². The summed E-state index contributed by atoms with van der Waals surface area (Å²) in [5.74, 6) is 1.41. The molecule has 1 saturated carbocycles. The van der Waals surface area contributed by atoms with Crippen LogP contribution in [0.1, 0.15) is 30.4 Å². The van der Waals surface area contributed by atoms with Crippen LogP contribution in [-0.4, -0.2) is 24.9 Å². The van der Waals surface area contributed by atoms with Gasteiger partial charge < -0.3 is 9.67 Å². The Balaban J connectivity index is 1.55. The summed E-state index contributed by atoms with van der Waals surface area (Å²) in [6, 6.07) is 12.7. The van der Waals surface area contributed by atoms with Crippen molar-refractivity contribution in [2.24, 2.45) is 0 Å². The Labute approximate surface area is 132 Å². The van der Waals surface area contributed by atoms with E-state index in [4.69, 9.17) is 0 Å². The SMILES string of the molecule is OCc1nnc(SCc2ccc3ccccc3n2)n1C1CC1. The van der Waals surface area contributed by atoms with Gasteiger partial charge >= 0.3 is 0 Å². The third kappa shape index (κ3) is 2.60. The minimum Gasteiger partial charge on any atom is -0.388 e. The maximum Gasteiger partial charge on any atom is 0.191 e. The maximum atomic E-state index is 9.37. The predicted octanol–water partition coefficient (Wildman–Crippen LogP) is 2.95. The third-order valence-corrected chi connectivity index (χ3v) is 4.77. The smallest absolute Gasteiger partial charge is 0.191 e. The number of pyridine rings is 1. The quantitative estimate of drug-likeness (QED) is 0.734. The molecule has 3 aromatic rings. The van der Waals surface area contributed by atoms with Crippen LogP contribution in [-0.2, 0) is 12.4 Å². The Morgan fingerprint density at radius 1 is 1.14 bits per heavy atom. The van der Waals surface area contributed by atoms with Gasteiger partial charge in [0, 0.05) is 17.2 Å². The summed E-state index contributed by atoms with van der Waals surface area (Å²) >= 11 is 1.63. The normalized spacial score (nSPS) is 14.6. The summed E-state index contributed by atoms with van der Waals surface area (Å²) < 4.78 is 2.08. The first-order valence-corrected chi connectivity index (χ1v) is 8.36. The molecule has 2 aromatic heterocycles. The van der Waals surface area contributed by atoms with Gasteiger partial charge in [-0.1, -0.05) is 36.0 Å². The second-order valence-electron chi connectivity index (χ2n) is 5.44. The number of benzene rings is 1. The van der Waals surface area contributed by atoms with Crippen LogP contribution in [0.3, 0.4) is 0 Å². The first-order valence-electron chi connectivity index (χ1n) is 7.37. The van der Waals surface area contributed by atoms with Crippen molar-refractivity contribution in [1.82, 2.24) is 19.7 Å². The molecule has 22 heavy (non-hydrogen) atoms. The standard InChI is InChI=1S/C16H16N4OS/c21-9-15-18-19-16(20(15)13-7-8-13)22-10-12-6-5-11-3-1-2-4-14(11)17-12/h1-6,13,21H,7-10H2. The second-order valence-corrected chi connectivity index (χ2v) is 6.38. The van der Waals surface area contributed by atoms with E-state index < -0.39 is 0 Å². The van der Waals surface area contributed by atoms with Crippen molar-refractivity contribution in [3.63, 3.8) is 0 Å². The molecular formula is C16H16N4OS. The highest BCUT2D eigenvalue weighted by molar-refractivity contribution is 7.98. The zero-order valence-electron chi connectivity index (χ0n) is 12.0. The number of aliphatic hydroxyl groups is 1. The molecule has 0 spiro atoms. The number of hydrogen-bond acceptors (Lipinski definition) is 5. The molecule has 0 radical (unpaired) electrons. The topological polar surface area (TPSA) is 63.8 Å². The molecule has 2 heterocycles. The lowest BCUT2D eigenvalue weighted by molar-refractivity contribution is 0.263.